The SMILES string of the molecule is COC(=O)C(OC(=O)COc1ccc(Cl)cc1Cl)C(C)=CCC=C(C)CCC=C(C)C. The van der Waals surface area contributed by atoms with Gasteiger partial charge in [0.25, 0.3) is 0 Å². The number of ether oxygens (including phenoxy) is 3. The van der Waals surface area contributed by atoms with Crippen LogP contribution in [0.1, 0.15) is 47.0 Å². The smallest absolute Gasteiger partial charge is 0.351 e. The van der Waals surface area contributed by atoms with E-state index in [9.17, 15) is 9.59 Å². The zero-order chi connectivity index (χ0) is 23.4. The minimum absolute atomic E-state index is 0.271. The van der Waals surface area contributed by atoms with Crippen LogP contribution in [-0.2, 0) is 19.1 Å². The highest BCUT2D eigenvalue weighted by atomic mass is 35.5. The summed E-state index contributed by atoms with van der Waals surface area (Å²) in [6.45, 7) is 7.53. The van der Waals surface area contributed by atoms with E-state index in [0.29, 0.717) is 22.8 Å². The lowest BCUT2D eigenvalue weighted by Crippen LogP contribution is -2.31. The van der Waals surface area contributed by atoms with Gasteiger partial charge in [-0.25, -0.2) is 9.59 Å². The summed E-state index contributed by atoms with van der Waals surface area (Å²) in [6.07, 6.45) is 7.58. The Morgan fingerprint density at radius 1 is 1.06 bits per heavy atom. The molecule has 0 aromatic heterocycles. The molecule has 0 heterocycles. The van der Waals surface area contributed by atoms with Crippen molar-refractivity contribution in [2.75, 3.05) is 13.7 Å². The molecule has 0 saturated heterocycles. The summed E-state index contributed by atoms with van der Waals surface area (Å²) in [4.78, 5) is 24.3. The molecule has 0 radical (unpaired) electrons. The second kappa shape index (κ2) is 13.9. The first kappa shape index (κ1) is 26.8. The maximum absolute atomic E-state index is 12.2. The van der Waals surface area contributed by atoms with Crippen LogP contribution in [0.25, 0.3) is 0 Å². The number of halogens is 2. The Morgan fingerprint density at radius 2 is 1.77 bits per heavy atom. The van der Waals surface area contributed by atoms with Gasteiger partial charge in [-0.2, -0.15) is 0 Å². The van der Waals surface area contributed by atoms with Crippen molar-refractivity contribution in [1.29, 1.82) is 0 Å². The van der Waals surface area contributed by atoms with Gasteiger partial charge >= 0.3 is 11.9 Å². The van der Waals surface area contributed by atoms with E-state index in [2.05, 4.69) is 32.9 Å². The van der Waals surface area contributed by atoms with E-state index in [1.807, 2.05) is 6.08 Å². The van der Waals surface area contributed by atoms with Gasteiger partial charge in [0.05, 0.1) is 12.1 Å². The third kappa shape index (κ3) is 10.6. The van der Waals surface area contributed by atoms with Gasteiger partial charge < -0.3 is 14.2 Å². The highest BCUT2D eigenvalue weighted by Crippen LogP contribution is 2.27. The fourth-order valence-corrected chi connectivity index (χ4v) is 3.04. The molecular formula is C24H30Cl2O5. The molecule has 170 valence electrons. The van der Waals surface area contributed by atoms with E-state index in [0.717, 1.165) is 12.8 Å². The van der Waals surface area contributed by atoms with Crippen LogP contribution in [0.3, 0.4) is 0 Å². The molecule has 0 spiro atoms. The summed E-state index contributed by atoms with van der Waals surface area (Å²) in [7, 11) is 1.24. The van der Waals surface area contributed by atoms with Crippen molar-refractivity contribution in [2.45, 2.75) is 53.1 Å². The number of carbonyl (C=O) groups excluding carboxylic acids is 2. The fraction of sp³-hybridized carbons (Fsp3) is 0.417. The number of methoxy groups -OCH3 is 1. The van der Waals surface area contributed by atoms with Crippen LogP contribution < -0.4 is 4.74 Å². The van der Waals surface area contributed by atoms with Crippen LogP contribution in [0.15, 0.2) is 53.1 Å². The fourth-order valence-electron chi connectivity index (χ4n) is 2.57. The lowest BCUT2D eigenvalue weighted by molar-refractivity contribution is -0.164. The first-order valence-electron chi connectivity index (χ1n) is 9.94. The third-order valence-electron chi connectivity index (χ3n) is 4.31. The van der Waals surface area contributed by atoms with Crippen molar-refractivity contribution >= 4 is 35.1 Å². The Hall–Kier alpha value is -2.24. The first-order valence-corrected chi connectivity index (χ1v) is 10.7. The molecule has 1 unspecified atom stereocenters. The molecule has 7 heteroatoms. The van der Waals surface area contributed by atoms with Crippen LogP contribution >= 0.6 is 23.2 Å². The predicted octanol–water partition coefficient (Wildman–Crippen LogP) is 6.49. The first-order chi connectivity index (χ1) is 14.6. The van der Waals surface area contributed by atoms with Gasteiger partial charge in [0, 0.05) is 5.02 Å². The van der Waals surface area contributed by atoms with Crippen molar-refractivity contribution < 1.29 is 23.8 Å². The average molecular weight is 469 g/mol. The zero-order valence-electron chi connectivity index (χ0n) is 18.7. The van der Waals surface area contributed by atoms with Crippen molar-refractivity contribution in [3.8, 4) is 5.75 Å². The molecule has 31 heavy (non-hydrogen) atoms. The summed E-state index contributed by atoms with van der Waals surface area (Å²) in [5.74, 6) is -1.09. The number of rotatable bonds is 11. The summed E-state index contributed by atoms with van der Waals surface area (Å²) in [5, 5.41) is 0.723. The standard InChI is InChI=1S/C24H30Cl2O5/c1-16(2)8-6-9-17(3)10-7-11-18(4)23(24(28)29-5)31-22(27)15-30-21-13-12-19(25)14-20(21)26/h8,10-14,23H,6-7,9,15H2,1-5H3. The van der Waals surface area contributed by atoms with Crippen LogP contribution in [-0.4, -0.2) is 31.8 Å². The molecule has 0 N–H and O–H groups in total. The van der Waals surface area contributed by atoms with E-state index in [-0.39, 0.29) is 5.02 Å². The summed E-state index contributed by atoms with van der Waals surface area (Å²) < 4.78 is 15.4. The molecule has 1 aromatic carbocycles. The number of hydrogen-bond acceptors (Lipinski definition) is 5. The minimum atomic E-state index is -1.14. The Kier molecular flexibility index (Phi) is 12.1. The molecule has 1 aromatic rings. The minimum Gasteiger partial charge on any atom is -0.480 e. The normalized spacial score (nSPS) is 12.7. The quantitative estimate of drug-likeness (QED) is 0.274. The van der Waals surface area contributed by atoms with E-state index in [4.69, 9.17) is 37.4 Å². The molecule has 1 atom stereocenters. The monoisotopic (exact) mass is 468 g/mol. The molecule has 0 aliphatic rings. The molecule has 5 nitrogen and oxygen atoms in total. The van der Waals surface area contributed by atoms with Crippen molar-refractivity contribution in [1.82, 2.24) is 0 Å². The van der Waals surface area contributed by atoms with Crippen LogP contribution in [0.2, 0.25) is 10.0 Å². The lowest BCUT2D eigenvalue weighted by atomic mass is 10.1. The Labute approximate surface area is 194 Å². The predicted molar refractivity (Wildman–Crippen MR) is 125 cm³/mol. The van der Waals surface area contributed by atoms with Gasteiger partial charge in [-0.15, -0.1) is 0 Å². The Morgan fingerprint density at radius 3 is 2.39 bits per heavy atom. The number of hydrogen-bond donors (Lipinski definition) is 0. The molecule has 0 amide bonds. The van der Waals surface area contributed by atoms with Crippen molar-refractivity contribution in [3.63, 3.8) is 0 Å². The van der Waals surface area contributed by atoms with Crippen LogP contribution in [0, 0.1) is 0 Å². The largest absolute Gasteiger partial charge is 0.480 e. The Balaban J connectivity index is 2.69. The van der Waals surface area contributed by atoms with Crippen LogP contribution in [0.5, 0.6) is 5.75 Å². The van der Waals surface area contributed by atoms with Crippen LogP contribution in [0.4, 0.5) is 0 Å². The number of carbonyl (C=O) groups is 2. The number of benzene rings is 1. The maximum Gasteiger partial charge on any atom is 0.351 e. The Bertz CT molecular complexity index is 852. The molecular weight excluding hydrogens is 439 g/mol. The summed E-state index contributed by atoms with van der Waals surface area (Å²) >= 11 is 11.9. The second-order valence-electron chi connectivity index (χ2n) is 7.31. The highest BCUT2D eigenvalue weighted by molar-refractivity contribution is 6.35. The molecule has 1 rings (SSSR count). The van der Waals surface area contributed by atoms with Gasteiger partial charge in [0.15, 0.2) is 6.61 Å². The van der Waals surface area contributed by atoms with Crippen molar-refractivity contribution in [2.24, 2.45) is 0 Å². The van der Waals surface area contributed by atoms with Gasteiger partial charge in [0.2, 0.25) is 6.10 Å². The summed E-state index contributed by atoms with van der Waals surface area (Å²) in [6, 6.07) is 4.64. The molecule has 0 bridgehead atoms. The van der Waals surface area contributed by atoms with E-state index in [1.54, 1.807) is 19.1 Å². The van der Waals surface area contributed by atoms with Gasteiger partial charge in [-0.05, 0) is 70.7 Å². The molecule has 0 aliphatic heterocycles. The second-order valence-corrected chi connectivity index (χ2v) is 8.15. The lowest BCUT2D eigenvalue weighted by Gasteiger charge is -2.17. The van der Waals surface area contributed by atoms with Gasteiger partial charge in [-0.3, -0.25) is 0 Å². The van der Waals surface area contributed by atoms with E-state index < -0.39 is 24.6 Å². The maximum atomic E-state index is 12.2. The average Bonchev–Trinajstić information content (AvgIpc) is 2.70. The van der Waals surface area contributed by atoms with Crippen molar-refractivity contribution in [3.05, 3.63) is 63.2 Å². The van der Waals surface area contributed by atoms with E-state index in [1.165, 1.54) is 24.3 Å². The molecule has 0 aliphatic carbocycles. The number of allylic oxidation sites excluding steroid dienone is 5. The third-order valence-corrected chi connectivity index (χ3v) is 4.85. The van der Waals surface area contributed by atoms with E-state index >= 15 is 0 Å². The topological polar surface area (TPSA) is 61.8 Å². The molecule has 0 saturated carbocycles. The number of esters is 2. The highest BCUT2D eigenvalue weighted by Gasteiger charge is 2.25. The molecule has 0 fully saturated rings. The summed E-state index contributed by atoms with van der Waals surface area (Å²) in [5.41, 5.74) is 3.13. The zero-order valence-corrected chi connectivity index (χ0v) is 20.2. The van der Waals surface area contributed by atoms with Gasteiger partial charge in [-0.1, -0.05) is 52.6 Å². The van der Waals surface area contributed by atoms with Gasteiger partial charge in [0.1, 0.15) is 5.75 Å².